The smallest absolute Gasteiger partial charge is 0.0160 e. The van der Waals surface area contributed by atoms with Crippen molar-refractivity contribution >= 4 is 0 Å². The zero-order chi connectivity index (χ0) is 11.4. The number of hydrogen-bond donors (Lipinski definition) is 1. The highest BCUT2D eigenvalue weighted by Crippen LogP contribution is 2.33. The molecule has 0 spiro atoms. The molecule has 2 heteroatoms. The molecule has 2 rings (SSSR count). The minimum Gasteiger partial charge on any atom is -0.311 e. The molecule has 0 aromatic rings. The summed E-state index contributed by atoms with van der Waals surface area (Å²) in [7, 11) is 0. The van der Waals surface area contributed by atoms with E-state index in [0.717, 1.165) is 24.5 Å². The Morgan fingerprint density at radius 1 is 1.31 bits per heavy atom. The molecule has 0 aromatic carbocycles. The molecular weight excluding hydrogens is 196 g/mol. The molecule has 1 saturated carbocycles. The number of nitrogens with zero attached hydrogens (tertiary/aromatic N) is 1. The summed E-state index contributed by atoms with van der Waals surface area (Å²) in [4.78, 5) is 2.50. The number of piperidine rings is 1. The number of hydrogen-bond acceptors (Lipinski definition) is 2. The Bertz CT molecular complexity index is 215. The van der Waals surface area contributed by atoms with Crippen molar-refractivity contribution in [3.63, 3.8) is 0 Å². The molecule has 0 bridgehead atoms. The fourth-order valence-electron chi connectivity index (χ4n) is 2.79. The summed E-state index contributed by atoms with van der Waals surface area (Å²) in [5.74, 6) is 1.04. The van der Waals surface area contributed by atoms with Gasteiger partial charge in [-0.15, -0.1) is 6.58 Å². The highest BCUT2D eigenvalue weighted by Gasteiger charge is 2.25. The standard InChI is InChI=1S/C14H26N2/c1-3-8-16-9-6-14(7-10-16)15-12(2)11-13-4-5-13/h3,12-15H,1,4-11H2,2H3. The van der Waals surface area contributed by atoms with E-state index >= 15 is 0 Å². The molecular formula is C14H26N2. The van der Waals surface area contributed by atoms with Crippen LogP contribution < -0.4 is 5.32 Å². The Labute approximate surface area is 100 Å². The molecule has 0 aromatic heterocycles. The first-order valence-corrected chi connectivity index (χ1v) is 6.87. The molecule has 1 atom stereocenters. The third-order valence-electron chi connectivity index (χ3n) is 3.88. The SMILES string of the molecule is C=CCN1CCC(NC(C)CC2CC2)CC1. The minimum atomic E-state index is 0.725. The van der Waals surface area contributed by atoms with Crippen LogP contribution in [-0.2, 0) is 0 Å². The van der Waals surface area contributed by atoms with Crippen LogP contribution in [0.5, 0.6) is 0 Å². The van der Waals surface area contributed by atoms with Crippen LogP contribution in [0.4, 0.5) is 0 Å². The van der Waals surface area contributed by atoms with Gasteiger partial charge in [-0.2, -0.15) is 0 Å². The number of rotatable bonds is 6. The fraction of sp³-hybridized carbons (Fsp3) is 0.857. The first kappa shape index (κ1) is 12.1. The molecule has 2 nitrogen and oxygen atoms in total. The molecule has 2 fully saturated rings. The van der Waals surface area contributed by atoms with E-state index in [2.05, 4.69) is 23.7 Å². The van der Waals surface area contributed by atoms with Crippen molar-refractivity contribution in [1.29, 1.82) is 0 Å². The number of likely N-dealkylation sites (tertiary alicyclic amines) is 1. The first-order chi connectivity index (χ1) is 7.78. The van der Waals surface area contributed by atoms with Crippen molar-refractivity contribution in [2.75, 3.05) is 19.6 Å². The van der Waals surface area contributed by atoms with Crippen molar-refractivity contribution in [2.24, 2.45) is 5.92 Å². The van der Waals surface area contributed by atoms with E-state index in [9.17, 15) is 0 Å². The fourth-order valence-corrected chi connectivity index (χ4v) is 2.79. The molecule has 92 valence electrons. The lowest BCUT2D eigenvalue weighted by molar-refractivity contribution is 0.206. The van der Waals surface area contributed by atoms with Gasteiger partial charge in [0.25, 0.3) is 0 Å². The molecule has 1 N–H and O–H groups in total. The van der Waals surface area contributed by atoms with Crippen molar-refractivity contribution in [2.45, 2.75) is 51.1 Å². The molecule has 1 unspecified atom stereocenters. The van der Waals surface area contributed by atoms with Crippen LogP contribution in [0.15, 0.2) is 12.7 Å². The van der Waals surface area contributed by atoms with E-state index < -0.39 is 0 Å². The van der Waals surface area contributed by atoms with E-state index in [4.69, 9.17) is 0 Å². The highest BCUT2D eigenvalue weighted by atomic mass is 15.1. The summed E-state index contributed by atoms with van der Waals surface area (Å²) >= 11 is 0. The normalized spacial score (nSPS) is 25.6. The summed E-state index contributed by atoms with van der Waals surface area (Å²) in [6.07, 6.45) is 8.98. The summed E-state index contributed by atoms with van der Waals surface area (Å²) < 4.78 is 0. The lowest BCUT2D eigenvalue weighted by Gasteiger charge is -2.33. The second kappa shape index (κ2) is 5.83. The quantitative estimate of drug-likeness (QED) is 0.694. The first-order valence-electron chi connectivity index (χ1n) is 6.87. The third kappa shape index (κ3) is 3.91. The maximum Gasteiger partial charge on any atom is 0.0160 e. The van der Waals surface area contributed by atoms with E-state index in [1.165, 1.54) is 45.2 Å². The average Bonchev–Trinajstić information content (AvgIpc) is 3.05. The van der Waals surface area contributed by atoms with Crippen LogP contribution in [0, 0.1) is 5.92 Å². The molecule has 1 aliphatic heterocycles. The topological polar surface area (TPSA) is 15.3 Å². The predicted molar refractivity (Wildman–Crippen MR) is 69.6 cm³/mol. The highest BCUT2D eigenvalue weighted by molar-refractivity contribution is 4.84. The molecule has 2 aliphatic rings. The van der Waals surface area contributed by atoms with Crippen LogP contribution in [0.3, 0.4) is 0 Å². The van der Waals surface area contributed by atoms with Gasteiger partial charge in [-0.05, 0) is 45.2 Å². The second-order valence-electron chi connectivity index (χ2n) is 5.61. The Hall–Kier alpha value is -0.340. The summed E-state index contributed by atoms with van der Waals surface area (Å²) in [6, 6.07) is 1.48. The van der Waals surface area contributed by atoms with E-state index in [-0.39, 0.29) is 0 Å². The summed E-state index contributed by atoms with van der Waals surface area (Å²) in [5.41, 5.74) is 0. The molecule has 1 saturated heterocycles. The average molecular weight is 222 g/mol. The predicted octanol–water partition coefficient (Wildman–Crippen LogP) is 2.42. The van der Waals surface area contributed by atoms with Gasteiger partial charge in [0.05, 0.1) is 0 Å². The van der Waals surface area contributed by atoms with Crippen LogP contribution in [0.1, 0.15) is 39.0 Å². The molecule has 0 amide bonds. The largest absolute Gasteiger partial charge is 0.311 e. The molecule has 1 heterocycles. The Kier molecular flexibility index (Phi) is 4.42. The van der Waals surface area contributed by atoms with Gasteiger partial charge in [0.15, 0.2) is 0 Å². The van der Waals surface area contributed by atoms with Crippen LogP contribution in [0.25, 0.3) is 0 Å². The zero-order valence-corrected chi connectivity index (χ0v) is 10.6. The lowest BCUT2D eigenvalue weighted by atomic mass is 10.0. The van der Waals surface area contributed by atoms with Crippen molar-refractivity contribution < 1.29 is 0 Å². The van der Waals surface area contributed by atoms with Gasteiger partial charge in [-0.3, -0.25) is 4.90 Å². The van der Waals surface area contributed by atoms with Crippen LogP contribution in [-0.4, -0.2) is 36.6 Å². The van der Waals surface area contributed by atoms with Gasteiger partial charge >= 0.3 is 0 Å². The Morgan fingerprint density at radius 3 is 2.56 bits per heavy atom. The van der Waals surface area contributed by atoms with Gasteiger partial charge in [0, 0.05) is 18.6 Å². The van der Waals surface area contributed by atoms with Crippen molar-refractivity contribution in [1.82, 2.24) is 10.2 Å². The second-order valence-corrected chi connectivity index (χ2v) is 5.61. The van der Waals surface area contributed by atoms with Crippen molar-refractivity contribution in [3.05, 3.63) is 12.7 Å². The minimum absolute atomic E-state index is 0.725. The lowest BCUT2D eigenvalue weighted by Crippen LogP contribution is -2.45. The zero-order valence-electron chi connectivity index (χ0n) is 10.6. The van der Waals surface area contributed by atoms with E-state index in [1.807, 2.05) is 6.08 Å². The molecule has 1 aliphatic carbocycles. The number of nitrogens with one attached hydrogen (secondary N) is 1. The maximum atomic E-state index is 3.80. The van der Waals surface area contributed by atoms with Gasteiger partial charge < -0.3 is 5.32 Å². The van der Waals surface area contributed by atoms with Crippen LogP contribution >= 0.6 is 0 Å². The van der Waals surface area contributed by atoms with Crippen LogP contribution in [0.2, 0.25) is 0 Å². The van der Waals surface area contributed by atoms with Gasteiger partial charge in [-0.25, -0.2) is 0 Å². The Morgan fingerprint density at radius 2 is 2.00 bits per heavy atom. The third-order valence-corrected chi connectivity index (χ3v) is 3.88. The monoisotopic (exact) mass is 222 g/mol. The molecule has 16 heavy (non-hydrogen) atoms. The van der Waals surface area contributed by atoms with E-state index in [0.29, 0.717) is 0 Å². The van der Waals surface area contributed by atoms with Gasteiger partial charge in [-0.1, -0.05) is 18.9 Å². The maximum absolute atomic E-state index is 3.80. The summed E-state index contributed by atoms with van der Waals surface area (Å²) in [5, 5.41) is 3.80. The Balaban J connectivity index is 1.61. The summed E-state index contributed by atoms with van der Waals surface area (Å²) in [6.45, 7) is 9.69. The van der Waals surface area contributed by atoms with E-state index in [1.54, 1.807) is 0 Å². The van der Waals surface area contributed by atoms with Crippen molar-refractivity contribution in [3.8, 4) is 0 Å². The van der Waals surface area contributed by atoms with Gasteiger partial charge in [0.2, 0.25) is 0 Å². The molecule has 0 radical (unpaired) electrons. The van der Waals surface area contributed by atoms with Gasteiger partial charge in [0.1, 0.15) is 0 Å².